The maximum Gasteiger partial charge on any atom is 0.0995 e. The zero-order valence-corrected chi connectivity index (χ0v) is 10.0. The summed E-state index contributed by atoms with van der Waals surface area (Å²) >= 11 is 5.92. The van der Waals surface area contributed by atoms with Crippen LogP contribution in [0.1, 0.15) is 26.2 Å². The van der Waals surface area contributed by atoms with Crippen molar-refractivity contribution in [3.05, 3.63) is 12.4 Å². The van der Waals surface area contributed by atoms with Crippen LogP contribution in [0.3, 0.4) is 0 Å². The zero-order valence-electron chi connectivity index (χ0n) is 9.26. The fraction of sp³-hybridized carbons (Fsp3) is 0.818. The molecule has 3 nitrogen and oxygen atoms in total. The molecule has 2 aliphatic rings. The Bertz CT molecular complexity index is 251. The van der Waals surface area contributed by atoms with Gasteiger partial charge in [0.15, 0.2) is 0 Å². The van der Waals surface area contributed by atoms with E-state index in [2.05, 4.69) is 16.8 Å². The van der Waals surface area contributed by atoms with Crippen LogP contribution in [0.4, 0.5) is 0 Å². The molecule has 0 aromatic heterocycles. The van der Waals surface area contributed by atoms with Gasteiger partial charge < -0.3 is 15.0 Å². The summed E-state index contributed by atoms with van der Waals surface area (Å²) in [6, 6.07) is 0. The molecule has 0 bridgehead atoms. The molecule has 1 N–H and O–H groups in total. The minimum atomic E-state index is -0.0718. The Morgan fingerprint density at radius 1 is 1.60 bits per heavy atom. The van der Waals surface area contributed by atoms with Crippen molar-refractivity contribution in [2.45, 2.75) is 37.2 Å². The average Bonchev–Trinajstić information content (AvgIpc) is 2.14. The highest BCUT2D eigenvalue weighted by molar-refractivity contribution is 6.20. The van der Waals surface area contributed by atoms with E-state index in [1.54, 1.807) is 0 Å². The minimum absolute atomic E-state index is 0.0718. The zero-order chi connectivity index (χ0) is 10.9. The van der Waals surface area contributed by atoms with Crippen molar-refractivity contribution < 1.29 is 4.74 Å². The van der Waals surface area contributed by atoms with Gasteiger partial charge in [0.1, 0.15) is 0 Å². The summed E-state index contributed by atoms with van der Waals surface area (Å²) in [5.74, 6) is 0.945. The van der Waals surface area contributed by atoms with Crippen LogP contribution in [0, 0.1) is 0 Å². The van der Waals surface area contributed by atoms with Gasteiger partial charge in [-0.1, -0.05) is 18.2 Å². The van der Waals surface area contributed by atoms with E-state index in [0.29, 0.717) is 0 Å². The number of hydrogen-bond donors (Lipinski definition) is 1. The molecule has 1 saturated heterocycles. The van der Waals surface area contributed by atoms with Crippen LogP contribution >= 0.6 is 11.6 Å². The average molecular weight is 231 g/mol. The predicted octanol–water partition coefficient (Wildman–Crippen LogP) is 1.89. The van der Waals surface area contributed by atoms with Gasteiger partial charge in [0.2, 0.25) is 0 Å². The Hall–Kier alpha value is -0.410. The van der Waals surface area contributed by atoms with Gasteiger partial charge in [-0.05, 0) is 26.2 Å². The number of rotatable bonds is 3. The molecule has 1 spiro atoms. The van der Waals surface area contributed by atoms with Gasteiger partial charge in [-0.3, -0.25) is 0 Å². The highest BCUT2D eigenvalue weighted by Gasteiger charge is 2.45. The first-order valence-corrected chi connectivity index (χ1v) is 6.03. The maximum atomic E-state index is 5.92. The van der Waals surface area contributed by atoms with Gasteiger partial charge in [0.25, 0.3) is 0 Å². The molecule has 1 unspecified atom stereocenters. The van der Waals surface area contributed by atoms with Crippen molar-refractivity contribution in [2.24, 2.45) is 0 Å². The molecular formula is C11H19ClN2O. The maximum absolute atomic E-state index is 5.92. The smallest absolute Gasteiger partial charge is 0.0995 e. The van der Waals surface area contributed by atoms with Crippen LogP contribution in [-0.4, -0.2) is 35.7 Å². The standard InChI is InChI=1S/C11H19ClN2O/c1-9(12)13-10(2)14-6-7-15-8-11(14)4-3-5-11/h9,13H,2-8H2,1H3. The summed E-state index contributed by atoms with van der Waals surface area (Å²) in [5, 5.41) is 3.18. The van der Waals surface area contributed by atoms with Crippen molar-refractivity contribution in [1.82, 2.24) is 10.2 Å². The van der Waals surface area contributed by atoms with Gasteiger partial charge >= 0.3 is 0 Å². The van der Waals surface area contributed by atoms with Crippen molar-refractivity contribution in [3.63, 3.8) is 0 Å². The number of morpholine rings is 1. The van der Waals surface area contributed by atoms with Crippen molar-refractivity contribution in [3.8, 4) is 0 Å². The molecule has 2 fully saturated rings. The Balaban J connectivity index is 2.01. The summed E-state index contributed by atoms with van der Waals surface area (Å²) in [4.78, 5) is 2.35. The van der Waals surface area contributed by atoms with Gasteiger partial charge in [-0.15, -0.1) is 0 Å². The fourth-order valence-corrected chi connectivity index (χ4v) is 2.59. The molecule has 1 aliphatic carbocycles. The largest absolute Gasteiger partial charge is 0.377 e. The molecule has 86 valence electrons. The molecule has 0 amide bonds. The van der Waals surface area contributed by atoms with Crippen molar-refractivity contribution in [1.29, 1.82) is 0 Å². The van der Waals surface area contributed by atoms with Gasteiger partial charge in [-0.25, -0.2) is 0 Å². The molecular weight excluding hydrogens is 212 g/mol. The second kappa shape index (κ2) is 4.22. The number of hydrogen-bond acceptors (Lipinski definition) is 3. The van der Waals surface area contributed by atoms with E-state index in [9.17, 15) is 0 Å². The highest BCUT2D eigenvalue weighted by Crippen LogP contribution is 2.40. The first kappa shape index (κ1) is 11.1. The first-order valence-electron chi connectivity index (χ1n) is 5.59. The Morgan fingerprint density at radius 2 is 2.33 bits per heavy atom. The molecule has 0 radical (unpaired) electrons. The molecule has 2 rings (SSSR count). The molecule has 0 aromatic rings. The molecule has 4 heteroatoms. The molecule has 1 saturated carbocycles. The number of nitrogens with zero attached hydrogens (tertiary/aromatic N) is 1. The summed E-state index contributed by atoms with van der Waals surface area (Å²) in [6.45, 7) is 8.54. The van der Waals surface area contributed by atoms with Crippen LogP contribution in [0.15, 0.2) is 12.4 Å². The van der Waals surface area contributed by atoms with Crippen molar-refractivity contribution in [2.75, 3.05) is 19.8 Å². The van der Waals surface area contributed by atoms with Crippen LogP contribution in [0.5, 0.6) is 0 Å². The van der Waals surface area contributed by atoms with Crippen LogP contribution in [0.2, 0.25) is 0 Å². The van der Waals surface area contributed by atoms with E-state index in [1.165, 1.54) is 19.3 Å². The lowest BCUT2D eigenvalue weighted by Gasteiger charge is -2.54. The van der Waals surface area contributed by atoms with Crippen LogP contribution in [-0.2, 0) is 4.74 Å². The van der Waals surface area contributed by atoms with E-state index in [1.807, 2.05) is 6.92 Å². The Kier molecular flexibility index (Phi) is 3.12. The Morgan fingerprint density at radius 3 is 2.87 bits per heavy atom. The second-order valence-corrected chi connectivity index (χ2v) is 5.14. The quantitative estimate of drug-likeness (QED) is 0.592. The number of halogens is 1. The van der Waals surface area contributed by atoms with E-state index < -0.39 is 0 Å². The first-order chi connectivity index (χ1) is 7.14. The van der Waals surface area contributed by atoms with Gasteiger partial charge in [0, 0.05) is 6.54 Å². The number of nitrogens with one attached hydrogen (secondary N) is 1. The molecule has 0 aromatic carbocycles. The van der Waals surface area contributed by atoms with Gasteiger partial charge in [-0.2, -0.15) is 0 Å². The predicted molar refractivity (Wildman–Crippen MR) is 61.7 cm³/mol. The normalized spacial score (nSPS) is 25.9. The lowest BCUT2D eigenvalue weighted by Crippen LogP contribution is -2.61. The SMILES string of the molecule is C=C(NC(C)Cl)N1CCOCC12CCC2. The third-order valence-electron chi connectivity index (χ3n) is 3.38. The Labute approximate surface area is 96.4 Å². The molecule has 1 heterocycles. The third-order valence-corrected chi connectivity index (χ3v) is 3.49. The third kappa shape index (κ3) is 2.08. The van der Waals surface area contributed by atoms with Crippen LogP contribution < -0.4 is 5.32 Å². The fourth-order valence-electron chi connectivity index (χ4n) is 2.46. The topological polar surface area (TPSA) is 24.5 Å². The van der Waals surface area contributed by atoms with Gasteiger partial charge in [0.05, 0.1) is 30.1 Å². The lowest BCUT2D eigenvalue weighted by molar-refractivity contribution is -0.0925. The molecule has 1 atom stereocenters. The summed E-state index contributed by atoms with van der Waals surface area (Å²) in [7, 11) is 0. The highest BCUT2D eigenvalue weighted by atomic mass is 35.5. The van der Waals surface area contributed by atoms with Crippen LogP contribution in [0.25, 0.3) is 0 Å². The van der Waals surface area contributed by atoms with E-state index in [0.717, 1.165) is 25.6 Å². The van der Waals surface area contributed by atoms with Crippen molar-refractivity contribution >= 4 is 11.6 Å². The van der Waals surface area contributed by atoms with E-state index in [-0.39, 0.29) is 11.0 Å². The minimum Gasteiger partial charge on any atom is -0.377 e. The summed E-state index contributed by atoms with van der Waals surface area (Å²) in [6.07, 6.45) is 3.72. The second-order valence-electron chi connectivity index (χ2n) is 4.49. The number of ether oxygens (including phenoxy) is 1. The summed E-state index contributed by atoms with van der Waals surface area (Å²) in [5.41, 5.74) is 0.145. The monoisotopic (exact) mass is 230 g/mol. The molecule has 1 aliphatic heterocycles. The molecule has 15 heavy (non-hydrogen) atoms. The van der Waals surface area contributed by atoms with E-state index >= 15 is 0 Å². The lowest BCUT2D eigenvalue weighted by atomic mass is 9.75. The van der Waals surface area contributed by atoms with E-state index in [4.69, 9.17) is 16.3 Å². The summed E-state index contributed by atoms with van der Waals surface area (Å²) < 4.78 is 5.57. The number of alkyl halides is 1.